The number of likely N-dealkylation sites (tertiary alicyclic amines) is 1. The van der Waals surface area contributed by atoms with Gasteiger partial charge in [-0.1, -0.05) is 0 Å². The fourth-order valence-corrected chi connectivity index (χ4v) is 5.28. The van der Waals surface area contributed by atoms with Crippen LogP contribution in [-0.2, 0) is 4.74 Å². The summed E-state index contributed by atoms with van der Waals surface area (Å²) in [6, 6.07) is 5.62. The zero-order valence-electron chi connectivity index (χ0n) is 17.2. The average molecular weight is 526 g/mol. The van der Waals surface area contributed by atoms with Crippen molar-refractivity contribution in [3.8, 4) is 5.75 Å². The monoisotopic (exact) mass is 525 g/mol. The molecule has 3 fully saturated rings. The lowest BCUT2D eigenvalue weighted by atomic mass is 10.1. The topological polar surface area (TPSA) is 80.0 Å². The largest absolute Gasteiger partial charge is 0.573 e. The van der Waals surface area contributed by atoms with Gasteiger partial charge in [-0.15, -0.1) is 13.2 Å². The molecule has 174 valence electrons. The summed E-state index contributed by atoms with van der Waals surface area (Å²) in [6.07, 6.45) is -0.877. The summed E-state index contributed by atoms with van der Waals surface area (Å²) in [5.41, 5.74) is 1.27. The molecule has 13 heteroatoms. The van der Waals surface area contributed by atoms with Crippen molar-refractivity contribution in [3.63, 3.8) is 0 Å². The van der Waals surface area contributed by atoms with Gasteiger partial charge in [0.1, 0.15) is 10.9 Å². The number of ether oxygens (including phenoxy) is 2. The molecule has 5 heterocycles. The zero-order chi connectivity index (χ0) is 22.7. The van der Waals surface area contributed by atoms with Crippen molar-refractivity contribution in [1.82, 2.24) is 24.5 Å². The Morgan fingerprint density at radius 2 is 2.00 bits per heavy atom. The quantitative estimate of drug-likeness (QED) is 0.544. The molecule has 3 aromatic rings. The van der Waals surface area contributed by atoms with Crippen molar-refractivity contribution < 1.29 is 22.6 Å². The highest BCUT2D eigenvalue weighted by Gasteiger charge is 2.48. The third-order valence-electron chi connectivity index (χ3n) is 6.36. The fraction of sp³-hybridized carbons (Fsp3) is 0.450. The maximum absolute atomic E-state index is 13.3. The first kappa shape index (κ1) is 20.9. The molecule has 3 saturated heterocycles. The van der Waals surface area contributed by atoms with E-state index in [0.29, 0.717) is 46.1 Å². The molecular weight excluding hydrogens is 507 g/mol. The fourth-order valence-electron chi connectivity index (χ4n) is 4.91. The van der Waals surface area contributed by atoms with Gasteiger partial charge in [0.2, 0.25) is 0 Å². The first-order chi connectivity index (χ1) is 15.8. The molecule has 0 amide bonds. The summed E-state index contributed by atoms with van der Waals surface area (Å²) < 4.78 is 51.6. The Morgan fingerprint density at radius 3 is 2.70 bits per heavy atom. The van der Waals surface area contributed by atoms with Crippen LogP contribution in [0.5, 0.6) is 5.75 Å². The van der Waals surface area contributed by atoms with E-state index in [9.17, 15) is 13.2 Å². The van der Waals surface area contributed by atoms with Crippen molar-refractivity contribution in [2.24, 2.45) is 0 Å². The summed E-state index contributed by atoms with van der Waals surface area (Å²) >= 11 is 3.30. The second-order valence-electron chi connectivity index (χ2n) is 8.38. The Kier molecular flexibility index (Phi) is 4.89. The number of rotatable bonds is 5. The van der Waals surface area contributed by atoms with Crippen molar-refractivity contribution in [2.75, 3.05) is 36.5 Å². The number of halogens is 4. The third kappa shape index (κ3) is 3.87. The highest BCUT2D eigenvalue weighted by molar-refractivity contribution is 9.10. The number of piperazine rings is 1. The maximum Gasteiger partial charge on any atom is 0.573 e. The Hall–Kier alpha value is -2.64. The highest BCUT2D eigenvalue weighted by Crippen LogP contribution is 2.43. The molecule has 0 radical (unpaired) electrons. The van der Waals surface area contributed by atoms with E-state index in [1.54, 1.807) is 18.3 Å². The predicted octanol–water partition coefficient (Wildman–Crippen LogP) is 3.19. The molecule has 0 saturated carbocycles. The molecule has 2 atom stereocenters. The SMILES string of the molecule is FC(F)(F)Oc1cc(Nc2nc(Br)cn3ncnc23)ccc1N1CC2CC1CN2C1COC1. The predicted molar refractivity (Wildman–Crippen MR) is 116 cm³/mol. The molecule has 33 heavy (non-hydrogen) atoms. The van der Waals surface area contributed by atoms with Gasteiger partial charge >= 0.3 is 6.36 Å². The molecule has 2 unspecified atom stereocenters. The van der Waals surface area contributed by atoms with E-state index in [-0.39, 0.29) is 11.8 Å². The molecule has 3 aliphatic heterocycles. The number of aromatic nitrogens is 4. The van der Waals surface area contributed by atoms with Crippen molar-refractivity contribution in [1.29, 1.82) is 0 Å². The van der Waals surface area contributed by atoms with Crippen LogP contribution in [0.2, 0.25) is 0 Å². The van der Waals surface area contributed by atoms with E-state index >= 15 is 0 Å². The van der Waals surface area contributed by atoms with Gasteiger partial charge in [0, 0.05) is 36.9 Å². The minimum absolute atomic E-state index is 0.146. The third-order valence-corrected chi connectivity index (χ3v) is 6.74. The first-order valence-electron chi connectivity index (χ1n) is 10.5. The number of nitrogens with zero attached hydrogens (tertiary/aromatic N) is 6. The molecule has 1 aromatic carbocycles. The Bertz CT molecular complexity index is 1200. The van der Waals surface area contributed by atoms with E-state index in [1.165, 1.54) is 16.9 Å². The van der Waals surface area contributed by atoms with Crippen molar-refractivity contribution >= 4 is 38.8 Å². The lowest BCUT2D eigenvalue weighted by Crippen LogP contribution is -2.56. The smallest absolute Gasteiger partial charge is 0.403 e. The van der Waals surface area contributed by atoms with Crippen LogP contribution in [0.3, 0.4) is 0 Å². The van der Waals surface area contributed by atoms with Gasteiger partial charge in [-0.25, -0.2) is 14.5 Å². The minimum atomic E-state index is -4.81. The van der Waals surface area contributed by atoms with Crippen LogP contribution in [0.4, 0.5) is 30.4 Å². The zero-order valence-corrected chi connectivity index (χ0v) is 18.8. The van der Waals surface area contributed by atoms with Gasteiger partial charge in [-0.3, -0.25) is 4.90 Å². The van der Waals surface area contributed by atoms with Crippen LogP contribution >= 0.6 is 15.9 Å². The van der Waals surface area contributed by atoms with Gasteiger partial charge in [0.05, 0.1) is 31.1 Å². The van der Waals surface area contributed by atoms with E-state index in [4.69, 9.17) is 4.74 Å². The first-order valence-corrected chi connectivity index (χ1v) is 11.3. The molecule has 1 N–H and O–H groups in total. The van der Waals surface area contributed by atoms with E-state index in [2.05, 4.69) is 46.0 Å². The molecule has 2 bridgehead atoms. The summed E-state index contributed by atoms with van der Waals surface area (Å²) in [7, 11) is 0. The lowest BCUT2D eigenvalue weighted by Gasteiger charge is -2.43. The van der Waals surface area contributed by atoms with E-state index in [1.807, 2.05) is 4.90 Å². The van der Waals surface area contributed by atoms with Gasteiger partial charge in [-0.05, 0) is 34.5 Å². The van der Waals surface area contributed by atoms with Crippen LogP contribution in [-0.4, -0.2) is 75.3 Å². The van der Waals surface area contributed by atoms with Crippen LogP contribution in [0.1, 0.15) is 6.42 Å². The number of benzene rings is 1. The normalized spacial score (nSPS) is 23.3. The molecule has 9 nitrogen and oxygen atoms in total. The molecule has 0 spiro atoms. The number of fused-ring (bicyclic) bond motifs is 3. The summed E-state index contributed by atoms with van der Waals surface area (Å²) in [5.74, 6) is 0.109. The maximum atomic E-state index is 13.3. The van der Waals surface area contributed by atoms with Gasteiger partial charge in [-0.2, -0.15) is 5.10 Å². The van der Waals surface area contributed by atoms with Gasteiger partial charge < -0.3 is 19.7 Å². The van der Waals surface area contributed by atoms with Crippen LogP contribution in [0.25, 0.3) is 5.65 Å². The van der Waals surface area contributed by atoms with Gasteiger partial charge in [0.25, 0.3) is 0 Å². The molecule has 6 rings (SSSR count). The van der Waals surface area contributed by atoms with Crippen LogP contribution in [0, 0.1) is 0 Å². The van der Waals surface area contributed by atoms with Crippen LogP contribution < -0.4 is 15.0 Å². The van der Waals surface area contributed by atoms with E-state index in [0.717, 1.165) is 26.2 Å². The number of nitrogens with one attached hydrogen (secondary N) is 1. The number of hydrogen-bond donors (Lipinski definition) is 1. The lowest BCUT2D eigenvalue weighted by molar-refractivity contribution is -0.274. The average Bonchev–Trinajstić information content (AvgIpc) is 3.41. The Labute approximate surface area is 194 Å². The Balaban J connectivity index is 1.29. The minimum Gasteiger partial charge on any atom is -0.403 e. The Morgan fingerprint density at radius 1 is 1.15 bits per heavy atom. The molecule has 2 aromatic heterocycles. The standard InChI is InChI=1S/C20H19BrF3N7O2/c21-17-7-31-19(25-10-26-31)18(28-17)27-11-1-2-15(16(3-11)33-20(22,23)24)30-6-12-4-13(30)5-29(12)14-8-32-9-14/h1-3,7,10,12-14H,4-6,8-9H2,(H,27,28). The summed E-state index contributed by atoms with van der Waals surface area (Å²) in [5, 5.41) is 7.10. The molecule has 0 aliphatic carbocycles. The second kappa shape index (κ2) is 7.71. The number of anilines is 3. The number of alkyl halides is 3. The number of hydrogen-bond acceptors (Lipinski definition) is 8. The van der Waals surface area contributed by atoms with Gasteiger partial charge in [0.15, 0.2) is 17.2 Å². The van der Waals surface area contributed by atoms with Crippen molar-refractivity contribution in [3.05, 3.63) is 35.3 Å². The second-order valence-corrected chi connectivity index (χ2v) is 9.19. The summed E-state index contributed by atoms with van der Waals surface area (Å²) in [6.45, 7) is 2.94. The van der Waals surface area contributed by atoms with Crippen molar-refractivity contribution in [2.45, 2.75) is 30.9 Å². The van der Waals surface area contributed by atoms with Crippen LogP contribution in [0.15, 0.2) is 35.3 Å². The summed E-state index contributed by atoms with van der Waals surface area (Å²) in [4.78, 5) is 12.9. The molecular formula is C20H19BrF3N7O2. The highest BCUT2D eigenvalue weighted by atomic mass is 79.9. The van der Waals surface area contributed by atoms with E-state index < -0.39 is 6.36 Å². The molecule has 3 aliphatic rings.